The number of nitrogens with two attached hydrogens (primary N) is 1. The predicted molar refractivity (Wildman–Crippen MR) is 75.3 cm³/mol. The predicted octanol–water partition coefficient (Wildman–Crippen LogP) is 1.82. The van der Waals surface area contributed by atoms with Gasteiger partial charge in [0, 0.05) is 36.3 Å². The summed E-state index contributed by atoms with van der Waals surface area (Å²) in [5, 5.41) is 14.8. The van der Waals surface area contributed by atoms with Crippen LogP contribution < -0.4 is 11.1 Å². The first-order chi connectivity index (χ1) is 9.59. The molecule has 0 aliphatic rings. The topological polar surface area (TPSA) is 111 Å². The lowest BCUT2D eigenvalue weighted by Crippen LogP contribution is -2.12. The van der Waals surface area contributed by atoms with E-state index in [0.29, 0.717) is 30.3 Å². The Morgan fingerprint density at radius 2 is 2.20 bits per heavy atom. The molecule has 104 valence electrons. The van der Waals surface area contributed by atoms with Gasteiger partial charge in [0.25, 0.3) is 5.69 Å². The van der Waals surface area contributed by atoms with E-state index < -0.39 is 4.92 Å². The van der Waals surface area contributed by atoms with E-state index in [1.807, 2.05) is 0 Å². The monoisotopic (exact) mass is 274 g/mol. The van der Waals surface area contributed by atoms with Crippen LogP contribution in [-0.4, -0.2) is 22.4 Å². The van der Waals surface area contributed by atoms with Crippen LogP contribution in [0.3, 0.4) is 0 Å². The number of para-hydroxylation sites is 1. The fraction of sp³-hybridized carbons (Fsp3) is 0.231. The van der Waals surface area contributed by atoms with E-state index in [4.69, 9.17) is 5.73 Å². The molecule has 2 aromatic rings. The second kappa shape index (κ2) is 5.96. The van der Waals surface area contributed by atoms with Crippen molar-refractivity contribution in [2.75, 3.05) is 11.9 Å². The number of benzene rings is 1. The number of hydrogen-bond acceptors (Lipinski definition) is 5. The Morgan fingerprint density at radius 1 is 1.40 bits per heavy atom. The number of nitrogens with zero attached hydrogens (tertiary/aromatic N) is 2. The molecule has 0 bridgehead atoms. The van der Waals surface area contributed by atoms with E-state index in [0.717, 1.165) is 5.69 Å². The minimum atomic E-state index is -0.452. The zero-order valence-electron chi connectivity index (χ0n) is 10.7. The van der Waals surface area contributed by atoms with Crippen molar-refractivity contribution in [3.05, 3.63) is 40.6 Å². The van der Waals surface area contributed by atoms with Gasteiger partial charge in [0.15, 0.2) is 0 Å². The number of nitro benzene ring substituents is 1. The fourth-order valence-corrected chi connectivity index (χ4v) is 1.95. The third kappa shape index (κ3) is 3.00. The molecular formula is C13H14N4O3. The number of non-ortho nitro benzene ring substituents is 1. The highest BCUT2D eigenvalue weighted by Crippen LogP contribution is 2.28. The number of carbonyl (C=O) groups excluding carboxylic acids is 1. The number of amides is 1. The van der Waals surface area contributed by atoms with Gasteiger partial charge in [-0.1, -0.05) is 12.1 Å². The highest BCUT2D eigenvalue weighted by Gasteiger charge is 2.14. The Kier molecular flexibility index (Phi) is 4.09. The maximum absolute atomic E-state index is 11.0. The summed E-state index contributed by atoms with van der Waals surface area (Å²) in [6.45, 7) is 0.560. The van der Waals surface area contributed by atoms with E-state index in [2.05, 4.69) is 10.3 Å². The van der Waals surface area contributed by atoms with Crippen molar-refractivity contribution < 1.29 is 9.72 Å². The quantitative estimate of drug-likeness (QED) is 0.474. The Hall–Kier alpha value is -2.70. The van der Waals surface area contributed by atoms with Gasteiger partial charge < -0.3 is 11.1 Å². The molecule has 7 nitrogen and oxygen atoms in total. The molecule has 0 aliphatic carbocycles. The first-order valence-electron chi connectivity index (χ1n) is 6.14. The Labute approximate surface area is 114 Å². The average molecular weight is 274 g/mol. The number of pyridine rings is 1. The first kappa shape index (κ1) is 13.7. The SMILES string of the molecule is NC(=O)CCCNc1ccnc2c([N+](=O)[O-])cccc12. The molecule has 1 aromatic heterocycles. The van der Waals surface area contributed by atoms with Crippen molar-refractivity contribution in [1.82, 2.24) is 4.98 Å². The second-order valence-electron chi connectivity index (χ2n) is 4.29. The van der Waals surface area contributed by atoms with E-state index in [9.17, 15) is 14.9 Å². The summed E-state index contributed by atoms with van der Waals surface area (Å²) >= 11 is 0. The molecule has 0 saturated heterocycles. The van der Waals surface area contributed by atoms with Crippen LogP contribution in [0.2, 0.25) is 0 Å². The minimum absolute atomic E-state index is 0.0247. The number of nitrogens with one attached hydrogen (secondary N) is 1. The largest absolute Gasteiger partial charge is 0.384 e. The number of hydrogen-bond donors (Lipinski definition) is 2. The Morgan fingerprint density at radius 3 is 2.90 bits per heavy atom. The van der Waals surface area contributed by atoms with Crippen LogP contribution in [-0.2, 0) is 4.79 Å². The lowest BCUT2D eigenvalue weighted by atomic mass is 10.1. The van der Waals surface area contributed by atoms with Crippen LogP contribution in [0.1, 0.15) is 12.8 Å². The number of anilines is 1. The van der Waals surface area contributed by atoms with Crippen molar-refractivity contribution in [2.45, 2.75) is 12.8 Å². The molecule has 0 aliphatic heterocycles. The van der Waals surface area contributed by atoms with Gasteiger partial charge in [-0.05, 0) is 12.5 Å². The number of nitro groups is 1. The highest BCUT2D eigenvalue weighted by atomic mass is 16.6. The molecule has 1 heterocycles. The number of rotatable bonds is 6. The normalized spacial score (nSPS) is 10.4. The molecular weight excluding hydrogens is 260 g/mol. The summed E-state index contributed by atoms with van der Waals surface area (Å²) in [6, 6.07) is 6.56. The molecule has 1 aromatic carbocycles. The molecule has 1 amide bonds. The number of carbonyl (C=O) groups is 1. The number of primary amides is 1. The van der Waals surface area contributed by atoms with Gasteiger partial charge in [0.05, 0.1) is 4.92 Å². The van der Waals surface area contributed by atoms with E-state index >= 15 is 0 Å². The van der Waals surface area contributed by atoms with Crippen LogP contribution >= 0.6 is 0 Å². The van der Waals surface area contributed by atoms with Crippen molar-refractivity contribution in [3.8, 4) is 0 Å². The summed E-state index contributed by atoms with van der Waals surface area (Å²) in [5.41, 5.74) is 6.14. The average Bonchev–Trinajstić information content (AvgIpc) is 2.42. The van der Waals surface area contributed by atoms with Gasteiger partial charge in [-0.15, -0.1) is 0 Å². The minimum Gasteiger partial charge on any atom is -0.384 e. The van der Waals surface area contributed by atoms with Gasteiger partial charge in [-0.2, -0.15) is 0 Å². The van der Waals surface area contributed by atoms with Crippen molar-refractivity contribution >= 4 is 28.2 Å². The van der Waals surface area contributed by atoms with Crippen molar-refractivity contribution in [3.63, 3.8) is 0 Å². The fourth-order valence-electron chi connectivity index (χ4n) is 1.95. The maximum Gasteiger partial charge on any atom is 0.295 e. The number of fused-ring (bicyclic) bond motifs is 1. The maximum atomic E-state index is 11.0. The molecule has 7 heteroatoms. The molecule has 0 fully saturated rings. The molecule has 2 rings (SSSR count). The van der Waals surface area contributed by atoms with Gasteiger partial charge in [-0.25, -0.2) is 4.98 Å². The lowest BCUT2D eigenvalue weighted by Gasteiger charge is -2.08. The third-order valence-corrected chi connectivity index (χ3v) is 2.86. The van der Waals surface area contributed by atoms with Gasteiger partial charge >= 0.3 is 0 Å². The molecule has 0 atom stereocenters. The molecule has 0 radical (unpaired) electrons. The molecule has 20 heavy (non-hydrogen) atoms. The Balaban J connectivity index is 2.24. The standard InChI is InChI=1S/C13H14N4O3/c14-12(18)5-2-7-15-10-6-8-16-13-9(10)3-1-4-11(13)17(19)20/h1,3-4,6,8H,2,5,7H2,(H2,14,18)(H,15,16). The summed E-state index contributed by atoms with van der Waals surface area (Å²) < 4.78 is 0. The van der Waals surface area contributed by atoms with Crippen LogP contribution in [0, 0.1) is 10.1 Å². The highest BCUT2D eigenvalue weighted by molar-refractivity contribution is 5.96. The Bertz CT molecular complexity index is 657. The summed E-state index contributed by atoms with van der Waals surface area (Å²) in [7, 11) is 0. The van der Waals surface area contributed by atoms with Crippen LogP contribution in [0.5, 0.6) is 0 Å². The molecule has 0 unspecified atom stereocenters. The second-order valence-corrected chi connectivity index (χ2v) is 4.29. The molecule has 0 saturated carbocycles. The molecule has 0 spiro atoms. The van der Waals surface area contributed by atoms with Crippen LogP contribution in [0.15, 0.2) is 30.5 Å². The van der Waals surface area contributed by atoms with Gasteiger partial charge in [-0.3, -0.25) is 14.9 Å². The number of aromatic nitrogens is 1. The lowest BCUT2D eigenvalue weighted by molar-refractivity contribution is -0.383. The molecule has 3 N–H and O–H groups in total. The van der Waals surface area contributed by atoms with E-state index in [1.165, 1.54) is 12.3 Å². The zero-order chi connectivity index (χ0) is 14.5. The zero-order valence-corrected chi connectivity index (χ0v) is 10.7. The van der Waals surface area contributed by atoms with Gasteiger partial charge in [0.1, 0.15) is 5.52 Å². The van der Waals surface area contributed by atoms with Crippen LogP contribution in [0.4, 0.5) is 11.4 Å². The third-order valence-electron chi connectivity index (χ3n) is 2.86. The smallest absolute Gasteiger partial charge is 0.295 e. The first-order valence-corrected chi connectivity index (χ1v) is 6.14. The van der Waals surface area contributed by atoms with E-state index in [1.54, 1.807) is 18.2 Å². The van der Waals surface area contributed by atoms with Gasteiger partial charge in [0.2, 0.25) is 5.91 Å². The van der Waals surface area contributed by atoms with Crippen molar-refractivity contribution in [1.29, 1.82) is 0 Å². The van der Waals surface area contributed by atoms with E-state index in [-0.39, 0.29) is 11.6 Å². The summed E-state index contributed by atoms with van der Waals surface area (Å²) in [4.78, 5) is 25.2. The summed E-state index contributed by atoms with van der Waals surface area (Å²) in [6.07, 6.45) is 2.43. The summed E-state index contributed by atoms with van der Waals surface area (Å²) in [5.74, 6) is -0.345. The van der Waals surface area contributed by atoms with Crippen LogP contribution in [0.25, 0.3) is 10.9 Å². The van der Waals surface area contributed by atoms with Crippen molar-refractivity contribution in [2.24, 2.45) is 5.73 Å².